The predicted molar refractivity (Wildman–Crippen MR) is 61.9 cm³/mol. The zero-order chi connectivity index (χ0) is 11.3. The highest BCUT2D eigenvalue weighted by molar-refractivity contribution is 5.76. The molecular formula is C11H23N3O. The quantitative estimate of drug-likeness (QED) is 0.692. The number of hydrogen-bond donors (Lipinski definition) is 2. The summed E-state index contributed by atoms with van der Waals surface area (Å²) in [6.45, 7) is 10.00. The van der Waals surface area contributed by atoms with Crippen LogP contribution in [0.3, 0.4) is 0 Å². The van der Waals surface area contributed by atoms with Crippen molar-refractivity contribution in [2.24, 2.45) is 5.92 Å². The lowest BCUT2D eigenvalue weighted by Crippen LogP contribution is -2.39. The zero-order valence-corrected chi connectivity index (χ0v) is 10.0. The summed E-state index contributed by atoms with van der Waals surface area (Å²) in [4.78, 5) is 13.1. The average molecular weight is 213 g/mol. The van der Waals surface area contributed by atoms with Crippen LogP contribution in [0.15, 0.2) is 0 Å². The molecule has 0 aliphatic carbocycles. The van der Waals surface area contributed by atoms with Crippen LogP contribution in [-0.2, 0) is 0 Å². The monoisotopic (exact) mass is 213 g/mol. The van der Waals surface area contributed by atoms with Crippen LogP contribution in [0.2, 0.25) is 0 Å². The highest BCUT2D eigenvalue weighted by Crippen LogP contribution is 2.06. The van der Waals surface area contributed by atoms with Gasteiger partial charge in [-0.2, -0.15) is 0 Å². The molecule has 4 nitrogen and oxygen atoms in total. The molecule has 0 saturated carbocycles. The van der Waals surface area contributed by atoms with Gasteiger partial charge in [0.05, 0.1) is 0 Å². The van der Waals surface area contributed by atoms with E-state index >= 15 is 0 Å². The summed E-state index contributed by atoms with van der Waals surface area (Å²) in [7, 11) is 0. The van der Waals surface area contributed by atoms with Crippen LogP contribution in [0, 0.1) is 5.92 Å². The van der Waals surface area contributed by atoms with Gasteiger partial charge in [0, 0.05) is 32.2 Å². The van der Waals surface area contributed by atoms with Crippen LogP contribution in [-0.4, -0.2) is 43.2 Å². The van der Waals surface area contributed by atoms with Crippen LogP contribution >= 0.6 is 0 Å². The molecule has 0 spiro atoms. The Morgan fingerprint density at radius 3 is 2.80 bits per heavy atom. The molecule has 0 bridgehead atoms. The van der Waals surface area contributed by atoms with Crippen molar-refractivity contribution in [3.8, 4) is 0 Å². The van der Waals surface area contributed by atoms with Crippen LogP contribution < -0.4 is 10.6 Å². The third-order valence-corrected chi connectivity index (χ3v) is 3.29. The topological polar surface area (TPSA) is 44.4 Å². The van der Waals surface area contributed by atoms with E-state index in [1.807, 2.05) is 4.90 Å². The van der Waals surface area contributed by atoms with E-state index in [2.05, 4.69) is 31.4 Å². The summed E-state index contributed by atoms with van der Waals surface area (Å²) in [6.07, 6.45) is 1.19. The van der Waals surface area contributed by atoms with Gasteiger partial charge in [0.15, 0.2) is 0 Å². The Bertz CT molecular complexity index is 208. The first-order valence-electron chi connectivity index (χ1n) is 5.91. The lowest BCUT2D eigenvalue weighted by molar-refractivity contribution is 0.216. The Hall–Kier alpha value is -0.770. The van der Waals surface area contributed by atoms with E-state index in [4.69, 9.17) is 0 Å². The van der Waals surface area contributed by atoms with Crippen molar-refractivity contribution in [2.45, 2.75) is 33.2 Å². The molecule has 2 N–H and O–H groups in total. The number of nitrogens with zero attached hydrogens (tertiary/aromatic N) is 1. The fourth-order valence-corrected chi connectivity index (χ4v) is 1.71. The number of carbonyl (C=O) groups is 1. The van der Waals surface area contributed by atoms with Gasteiger partial charge in [-0.25, -0.2) is 4.79 Å². The van der Waals surface area contributed by atoms with Gasteiger partial charge in [-0.15, -0.1) is 0 Å². The third kappa shape index (κ3) is 3.70. The van der Waals surface area contributed by atoms with Crippen molar-refractivity contribution >= 4 is 6.03 Å². The molecule has 0 aromatic carbocycles. The van der Waals surface area contributed by atoms with Crippen molar-refractivity contribution in [3.05, 3.63) is 0 Å². The SMILES string of the molecule is CCC(C)C(C)NCCN1CCNC1=O. The summed E-state index contributed by atoms with van der Waals surface area (Å²) in [5.41, 5.74) is 0. The molecule has 2 amide bonds. The fraction of sp³-hybridized carbons (Fsp3) is 0.909. The predicted octanol–water partition coefficient (Wildman–Crippen LogP) is 1.04. The lowest BCUT2D eigenvalue weighted by atomic mass is 10.0. The standard InChI is InChI=1S/C11H23N3O/c1-4-9(2)10(3)12-5-7-14-8-6-13-11(14)15/h9-10,12H,4-8H2,1-3H3,(H,13,15). The van der Waals surface area contributed by atoms with Gasteiger partial charge in [-0.1, -0.05) is 20.3 Å². The Morgan fingerprint density at radius 2 is 2.27 bits per heavy atom. The van der Waals surface area contributed by atoms with E-state index in [1.165, 1.54) is 6.42 Å². The van der Waals surface area contributed by atoms with E-state index in [9.17, 15) is 4.79 Å². The number of carbonyl (C=O) groups excluding carboxylic acids is 1. The third-order valence-electron chi connectivity index (χ3n) is 3.29. The molecule has 2 atom stereocenters. The molecule has 15 heavy (non-hydrogen) atoms. The van der Waals surface area contributed by atoms with Gasteiger partial charge < -0.3 is 15.5 Å². The fourth-order valence-electron chi connectivity index (χ4n) is 1.71. The van der Waals surface area contributed by atoms with E-state index in [1.54, 1.807) is 0 Å². The van der Waals surface area contributed by atoms with Crippen LogP contribution in [0.25, 0.3) is 0 Å². The van der Waals surface area contributed by atoms with Crippen molar-refractivity contribution in [1.29, 1.82) is 0 Å². The molecule has 1 heterocycles. The van der Waals surface area contributed by atoms with E-state index in [0.29, 0.717) is 12.0 Å². The first kappa shape index (κ1) is 12.3. The highest BCUT2D eigenvalue weighted by atomic mass is 16.2. The van der Waals surface area contributed by atoms with E-state index < -0.39 is 0 Å². The second kappa shape index (κ2) is 5.95. The number of amides is 2. The van der Waals surface area contributed by atoms with Crippen molar-refractivity contribution in [1.82, 2.24) is 15.5 Å². The van der Waals surface area contributed by atoms with Gasteiger partial charge in [0.1, 0.15) is 0 Å². The zero-order valence-electron chi connectivity index (χ0n) is 10.0. The van der Waals surface area contributed by atoms with Crippen LogP contribution in [0.1, 0.15) is 27.2 Å². The average Bonchev–Trinajstić information content (AvgIpc) is 2.63. The van der Waals surface area contributed by atoms with E-state index in [-0.39, 0.29) is 6.03 Å². The molecule has 88 valence electrons. The van der Waals surface area contributed by atoms with Crippen LogP contribution in [0.4, 0.5) is 4.79 Å². The summed E-state index contributed by atoms with van der Waals surface area (Å²) < 4.78 is 0. The normalized spacial score (nSPS) is 20.2. The van der Waals surface area contributed by atoms with Crippen molar-refractivity contribution in [2.75, 3.05) is 26.2 Å². The smallest absolute Gasteiger partial charge is 0.317 e. The molecule has 0 aromatic heterocycles. The Morgan fingerprint density at radius 1 is 1.53 bits per heavy atom. The molecule has 2 unspecified atom stereocenters. The number of rotatable bonds is 6. The summed E-state index contributed by atoms with van der Waals surface area (Å²) in [6, 6.07) is 0.605. The van der Waals surface area contributed by atoms with Crippen molar-refractivity contribution < 1.29 is 4.79 Å². The summed E-state index contributed by atoms with van der Waals surface area (Å²) in [5, 5.41) is 6.26. The number of nitrogens with one attached hydrogen (secondary N) is 2. The summed E-state index contributed by atoms with van der Waals surface area (Å²) >= 11 is 0. The number of urea groups is 1. The summed E-state index contributed by atoms with van der Waals surface area (Å²) in [5.74, 6) is 0.692. The minimum Gasteiger partial charge on any atom is -0.336 e. The molecule has 1 fully saturated rings. The highest BCUT2D eigenvalue weighted by Gasteiger charge is 2.18. The Kier molecular flexibility index (Phi) is 4.88. The first-order chi connectivity index (χ1) is 7.15. The van der Waals surface area contributed by atoms with Gasteiger partial charge in [-0.3, -0.25) is 0 Å². The molecule has 1 aliphatic rings. The molecule has 4 heteroatoms. The van der Waals surface area contributed by atoms with E-state index in [0.717, 1.165) is 26.2 Å². The lowest BCUT2D eigenvalue weighted by Gasteiger charge is -2.21. The van der Waals surface area contributed by atoms with Gasteiger partial charge in [0.2, 0.25) is 0 Å². The second-order valence-corrected chi connectivity index (χ2v) is 4.35. The Labute approximate surface area is 92.4 Å². The van der Waals surface area contributed by atoms with Gasteiger partial charge in [0.25, 0.3) is 0 Å². The molecule has 0 aromatic rings. The first-order valence-corrected chi connectivity index (χ1v) is 5.91. The number of hydrogen-bond acceptors (Lipinski definition) is 2. The van der Waals surface area contributed by atoms with Gasteiger partial charge >= 0.3 is 6.03 Å². The molecule has 1 rings (SSSR count). The van der Waals surface area contributed by atoms with Crippen LogP contribution in [0.5, 0.6) is 0 Å². The largest absolute Gasteiger partial charge is 0.336 e. The minimum atomic E-state index is 0.0768. The molecule has 1 aliphatic heterocycles. The maximum Gasteiger partial charge on any atom is 0.317 e. The molecule has 1 saturated heterocycles. The minimum absolute atomic E-state index is 0.0768. The second-order valence-electron chi connectivity index (χ2n) is 4.35. The Balaban J connectivity index is 2.13. The maximum absolute atomic E-state index is 11.2. The van der Waals surface area contributed by atoms with Crippen molar-refractivity contribution in [3.63, 3.8) is 0 Å². The van der Waals surface area contributed by atoms with Gasteiger partial charge in [-0.05, 0) is 12.8 Å². The molecular weight excluding hydrogens is 190 g/mol. The molecule has 0 radical (unpaired) electrons. The maximum atomic E-state index is 11.2.